The molecule has 32 heavy (non-hydrogen) atoms. The number of hydrogen-bond acceptors (Lipinski definition) is 4. The Morgan fingerprint density at radius 1 is 0.531 bits per heavy atom. The Hall–Kier alpha value is -2.04. The van der Waals surface area contributed by atoms with Gasteiger partial charge < -0.3 is 20.1 Å². The van der Waals surface area contributed by atoms with Gasteiger partial charge in [-0.15, -0.1) is 0 Å². The van der Waals surface area contributed by atoms with Crippen LogP contribution in [-0.2, 0) is 13.1 Å². The summed E-state index contributed by atoms with van der Waals surface area (Å²) in [7, 11) is 0. The van der Waals surface area contributed by atoms with Crippen LogP contribution in [0.5, 0.6) is 11.5 Å². The van der Waals surface area contributed by atoms with E-state index in [1.807, 2.05) is 0 Å². The molecular weight excluding hydrogens is 396 g/mol. The number of nitrogens with one attached hydrogen (secondary N) is 2. The molecule has 0 atom stereocenters. The molecule has 4 nitrogen and oxygen atoms in total. The van der Waals surface area contributed by atoms with Crippen molar-refractivity contribution in [1.82, 2.24) is 10.6 Å². The fourth-order valence-electron chi connectivity index (χ4n) is 3.41. The molecular formula is C28H44N2O2. The van der Waals surface area contributed by atoms with Gasteiger partial charge >= 0.3 is 0 Å². The van der Waals surface area contributed by atoms with E-state index in [-0.39, 0.29) is 0 Å². The van der Waals surface area contributed by atoms with Crippen LogP contribution in [0, 0.1) is 0 Å². The molecule has 0 aromatic heterocycles. The highest BCUT2D eigenvalue weighted by Crippen LogP contribution is 2.14. The molecule has 0 unspecified atom stereocenters. The summed E-state index contributed by atoms with van der Waals surface area (Å²) >= 11 is 0. The van der Waals surface area contributed by atoms with Crippen molar-refractivity contribution in [2.75, 3.05) is 26.3 Å². The van der Waals surface area contributed by atoms with Crippen molar-refractivity contribution in [2.24, 2.45) is 0 Å². The minimum Gasteiger partial charge on any atom is -0.494 e. The lowest BCUT2D eigenvalue weighted by Gasteiger charge is -2.09. The van der Waals surface area contributed by atoms with E-state index in [9.17, 15) is 0 Å². The third kappa shape index (κ3) is 12.1. The predicted octanol–water partition coefficient (Wildman–Crippen LogP) is 6.48. The number of rotatable bonds is 19. The van der Waals surface area contributed by atoms with Gasteiger partial charge in [0, 0.05) is 13.1 Å². The van der Waals surface area contributed by atoms with Crippen LogP contribution in [0.4, 0.5) is 0 Å². The highest BCUT2D eigenvalue weighted by atomic mass is 16.5. The fourth-order valence-corrected chi connectivity index (χ4v) is 3.41. The summed E-state index contributed by atoms with van der Waals surface area (Å²) in [6.07, 6.45) is 9.45. The van der Waals surface area contributed by atoms with Gasteiger partial charge in [0.1, 0.15) is 11.5 Å². The molecule has 0 radical (unpaired) electrons. The summed E-state index contributed by atoms with van der Waals surface area (Å²) in [6, 6.07) is 16.9. The summed E-state index contributed by atoms with van der Waals surface area (Å²) in [5.41, 5.74) is 2.62. The van der Waals surface area contributed by atoms with Gasteiger partial charge in [-0.2, -0.15) is 0 Å². The largest absolute Gasteiger partial charge is 0.494 e. The van der Waals surface area contributed by atoms with E-state index in [1.54, 1.807) is 0 Å². The Kier molecular flexibility index (Phi) is 14.3. The van der Waals surface area contributed by atoms with Crippen molar-refractivity contribution in [3.8, 4) is 11.5 Å². The van der Waals surface area contributed by atoms with Gasteiger partial charge in [-0.3, -0.25) is 0 Å². The first kappa shape index (κ1) is 26.2. The predicted molar refractivity (Wildman–Crippen MR) is 136 cm³/mol. The van der Waals surface area contributed by atoms with E-state index in [0.717, 1.165) is 63.7 Å². The zero-order valence-electron chi connectivity index (χ0n) is 20.3. The molecule has 2 N–H and O–H groups in total. The lowest BCUT2D eigenvalue weighted by molar-refractivity contribution is 0.287. The number of unbranched alkanes of at least 4 members (excludes halogenated alkanes) is 5. The average molecular weight is 441 g/mol. The minimum absolute atomic E-state index is 0.780. The van der Waals surface area contributed by atoms with Crippen LogP contribution < -0.4 is 20.1 Å². The van der Waals surface area contributed by atoms with E-state index in [0.29, 0.717) is 0 Å². The molecule has 178 valence electrons. The van der Waals surface area contributed by atoms with Crippen LogP contribution >= 0.6 is 0 Å². The molecule has 0 amide bonds. The van der Waals surface area contributed by atoms with E-state index in [1.165, 1.54) is 49.7 Å². The molecule has 2 aromatic rings. The number of ether oxygens (including phenoxy) is 2. The Bertz CT molecular complexity index is 624. The molecule has 0 fully saturated rings. The molecule has 0 aliphatic rings. The van der Waals surface area contributed by atoms with Crippen molar-refractivity contribution in [1.29, 1.82) is 0 Å². The Labute approximate surface area is 196 Å². The van der Waals surface area contributed by atoms with Crippen molar-refractivity contribution in [3.05, 3.63) is 59.7 Å². The Balaban J connectivity index is 1.46. The highest BCUT2D eigenvalue weighted by molar-refractivity contribution is 5.28. The van der Waals surface area contributed by atoms with Crippen LogP contribution in [0.1, 0.15) is 76.3 Å². The van der Waals surface area contributed by atoms with Gasteiger partial charge in [0.05, 0.1) is 13.2 Å². The normalized spacial score (nSPS) is 10.9. The Morgan fingerprint density at radius 3 is 1.31 bits per heavy atom. The van der Waals surface area contributed by atoms with Crippen LogP contribution in [-0.4, -0.2) is 26.3 Å². The summed E-state index contributed by atoms with van der Waals surface area (Å²) in [6.45, 7) is 10.0. The van der Waals surface area contributed by atoms with E-state index < -0.39 is 0 Å². The molecule has 4 heteroatoms. The van der Waals surface area contributed by atoms with E-state index >= 15 is 0 Å². The summed E-state index contributed by atoms with van der Waals surface area (Å²) in [5.74, 6) is 1.93. The first-order valence-corrected chi connectivity index (χ1v) is 12.7. The second-order valence-electron chi connectivity index (χ2n) is 8.46. The average Bonchev–Trinajstić information content (AvgIpc) is 2.83. The third-order valence-electron chi connectivity index (χ3n) is 5.50. The maximum absolute atomic E-state index is 5.88. The summed E-state index contributed by atoms with van der Waals surface area (Å²) < 4.78 is 11.8. The monoisotopic (exact) mass is 440 g/mol. The highest BCUT2D eigenvalue weighted by Gasteiger charge is 1.99. The lowest BCUT2D eigenvalue weighted by Crippen LogP contribution is -2.14. The SMILES string of the molecule is CCCCNCc1ccc(OCCCCCCOc2ccc(CNCCCC)cc2)cc1. The molecule has 0 bridgehead atoms. The van der Waals surface area contributed by atoms with Gasteiger partial charge in [-0.05, 0) is 87.0 Å². The topological polar surface area (TPSA) is 42.5 Å². The van der Waals surface area contributed by atoms with Crippen LogP contribution in [0.3, 0.4) is 0 Å². The number of benzene rings is 2. The van der Waals surface area contributed by atoms with Gasteiger partial charge in [-0.25, -0.2) is 0 Å². The van der Waals surface area contributed by atoms with E-state index in [4.69, 9.17) is 9.47 Å². The zero-order chi connectivity index (χ0) is 22.7. The molecule has 0 saturated heterocycles. The molecule has 2 rings (SSSR count). The van der Waals surface area contributed by atoms with Crippen molar-refractivity contribution >= 4 is 0 Å². The smallest absolute Gasteiger partial charge is 0.119 e. The molecule has 2 aromatic carbocycles. The Morgan fingerprint density at radius 2 is 0.938 bits per heavy atom. The minimum atomic E-state index is 0.780. The van der Waals surface area contributed by atoms with Gasteiger partial charge in [0.25, 0.3) is 0 Å². The fraction of sp³-hybridized carbons (Fsp3) is 0.571. The van der Waals surface area contributed by atoms with Crippen LogP contribution in [0.25, 0.3) is 0 Å². The van der Waals surface area contributed by atoms with Crippen molar-refractivity contribution in [3.63, 3.8) is 0 Å². The molecule has 0 spiro atoms. The van der Waals surface area contributed by atoms with Gasteiger partial charge in [-0.1, -0.05) is 51.0 Å². The molecule has 0 heterocycles. The lowest BCUT2D eigenvalue weighted by atomic mass is 10.2. The molecule has 0 aliphatic heterocycles. The first-order chi connectivity index (χ1) is 15.8. The van der Waals surface area contributed by atoms with Gasteiger partial charge in [0.2, 0.25) is 0 Å². The standard InChI is InChI=1S/C28H44N2O2/c1-3-5-19-29-23-25-11-15-27(16-12-25)31-21-9-7-8-10-22-32-28-17-13-26(14-18-28)24-30-20-6-4-2/h11-18,29-30H,3-10,19-24H2,1-2H3. The maximum Gasteiger partial charge on any atom is 0.119 e. The van der Waals surface area contributed by atoms with Crippen LogP contribution in [0.15, 0.2) is 48.5 Å². The third-order valence-corrected chi connectivity index (χ3v) is 5.50. The maximum atomic E-state index is 5.88. The first-order valence-electron chi connectivity index (χ1n) is 12.7. The second-order valence-corrected chi connectivity index (χ2v) is 8.46. The molecule has 0 aliphatic carbocycles. The zero-order valence-corrected chi connectivity index (χ0v) is 20.3. The quantitative estimate of drug-likeness (QED) is 0.245. The van der Waals surface area contributed by atoms with Gasteiger partial charge in [0.15, 0.2) is 0 Å². The number of hydrogen-bond donors (Lipinski definition) is 2. The van der Waals surface area contributed by atoms with Crippen molar-refractivity contribution < 1.29 is 9.47 Å². The van der Waals surface area contributed by atoms with E-state index in [2.05, 4.69) is 73.0 Å². The van der Waals surface area contributed by atoms with Crippen molar-refractivity contribution in [2.45, 2.75) is 78.3 Å². The second kappa shape index (κ2) is 17.5. The molecule has 0 saturated carbocycles. The van der Waals surface area contributed by atoms with Crippen LogP contribution in [0.2, 0.25) is 0 Å². The summed E-state index contributed by atoms with van der Waals surface area (Å²) in [5, 5.41) is 6.94. The summed E-state index contributed by atoms with van der Waals surface area (Å²) in [4.78, 5) is 0.